The van der Waals surface area contributed by atoms with E-state index < -0.39 is 0 Å². The summed E-state index contributed by atoms with van der Waals surface area (Å²) in [5, 5.41) is 0. The molecule has 1 rings (SSSR count). The lowest BCUT2D eigenvalue weighted by atomic mass is 10.1. The molecule has 0 aromatic heterocycles. The van der Waals surface area contributed by atoms with E-state index >= 15 is 0 Å². The van der Waals surface area contributed by atoms with Crippen molar-refractivity contribution >= 4 is 0 Å². The predicted octanol–water partition coefficient (Wildman–Crippen LogP) is 1.28. The van der Waals surface area contributed by atoms with Gasteiger partial charge in [0.1, 0.15) is 13.1 Å². The van der Waals surface area contributed by atoms with Gasteiger partial charge >= 0.3 is 0 Å². The van der Waals surface area contributed by atoms with Crippen molar-refractivity contribution in [2.75, 3.05) is 53.6 Å². The normalized spacial score (nSPS) is 21.0. The molecule has 3 heteroatoms. The summed E-state index contributed by atoms with van der Waals surface area (Å²) in [7, 11) is 3.58. The molecule has 1 saturated heterocycles. The van der Waals surface area contributed by atoms with Gasteiger partial charge in [-0.2, -0.15) is 0 Å². The Morgan fingerprint density at radius 1 is 0.857 bits per heavy atom. The molecule has 0 radical (unpaired) electrons. The van der Waals surface area contributed by atoms with Gasteiger partial charge in [-0.3, -0.25) is 0 Å². The maximum Gasteiger partial charge on any atom is 0.102 e. The van der Waals surface area contributed by atoms with E-state index in [0.29, 0.717) is 0 Å². The molecule has 0 aromatic carbocycles. The van der Waals surface area contributed by atoms with Crippen molar-refractivity contribution in [3.05, 3.63) is 0 Å². The summed E-state index contributed by atoms with van der Waals surface area (Å²) >= 11 is 0. The monoisotopic (exact) mass is 202 g/mol. The molecule has 14 heavy (non-hydrogen) atoms. The quantitative estimate of drug-likeness (QED) is 0.604. The van der Waals surface area contributed by atoms with E-state index in [1.807, 2.05) is 0 Å². The van der Waals surface area contributed by atoms with Crippen LogP contribution >= 0.6 is 0 Å². The summed E-state index contributed by atoms with van der Waals surface area (Å²) in [6.45, 7) is 6.69. The Morgan fingerprint density at radius 3 is 1.79 bits per heavy atom. The molecule has 0 N–H and O–H groups in total. The van der Waals surface area contributed by atoms with E-state index in [1.165, 1.54) is 36.8 Å². The number of likely N-dealkylation sites (tertiary alicyclic amines) is 1. The summed E-state index contributed by atoms with van der Waals surface area (Å²) in [4.78, 5) is 0. The van der Waals surface area contributed by atoms with Gasteiger partial charge in [-0.25, -0.2) is 0 Å². The highest BCUT2D eigenvalue weighted by Gasteiger charge is 2.28. The Hall–Kier alpha value is -0.120. The molecule has 0 saturated carbocycles. The van der Waals surface area contributed by atoms with Gasteiger partial charge < -0.3 is 14.0 Å². The molecule has 0 bridgehead atoms. The minimum atomic E-state index is 0.879. The van der Waals surface area contributed by atoms with Gasteiger partial charge in [0, 0.05) is 14.2 Å². The van der Waals surface area contributed by atoms with Gasteiger partial charge in [0.25, 0.3) is 0 Å². The average Bonchev–Trinajstić information content (AvgIpc) is 2.25. The van der Waals surface area contributed by atoms with Crippen molar-refractivity contribution in [3.8, 4) is 0 Å². The molecule has 0 unspecified atom stereocenters. The van der Waals surface area contributed by atoms with Crippen LogP contribution in [0.15, 0.2) is 0 Å². The zero-order valence-corrected chi connectivity index (χ0v) is 9.63. The third-order valence-corrected chi connectivity index (χ3v) is 3.30. The Labute approximate surface area is 87.6 Å². The number of nitrogens with zero attached hydrogens (tertiary/aromatic N) is 1. The molecule has 0 spiro atoms. The number of hydrogen-bond donors (Lipinski definition) is 0. The maximum atomic E-state index is 5.19. The molecule has 0 aromatic rings. The van der Waals surface area contributed by atoms with E-state index in [9.17, 15) is 0 Å². The molecule has 1 heterocycles. The highest BCUT2D eigenvalue weighted by atomic mass is 16.5. The first kappa shape index (κ1) is 12.0. The molecular formula is C11H24NO2+. The predicted molar refractivity (Wildman–Crippen MR) is 57.3 cm³/mol. The Kier molecular flexibility index (Phi) is 5.45. The minimum Gasteiger partial charge on any atom is -0.379 e. The van der Waals surface area contributed by atoms with Crippen molar-refractivity contribution in [1.29, 1.82) is 0 Å². The number of quaternary nitrogens is 1. The molecule has 1 aliphatic rings. The zero-order valence-electron chi connectivity index (χ0n) is 9.63. The van der Waals surface area contributed by atoms with Crippen LogP contribution in [0.25, 0.3) is 0 Å². The van der Waals surface area contributed by atoms with Crippen molar-refractivity contribution in [1.82, 2.24) is 0 Å². The third kappa shape index (κ3) is 3.56. The fraction of sp³-hybridized carbons (Fsp3) is 1.00. The first-order chi connectivity index (χ1) is 6.83. The standard InChI is InChI=1S/C11H24NO2/c1-13-10-8-12(9-11-14-2)6-4-3-5-7-12/h3-11H2,1-2H3/q+1. The molecule has 3 nitrogen and oxygen atoms in total. The highest BCUT2D eigenvalue weighted by Crippen LogP contribution is 2.18. The van der Waals surface area contributed by atoms with Crippen molar-refractivity contribution in [2.24, 2.45) is 0 Å². The van der Waals surface area contributed by atoms with Crippen LogP contribution in [0.5, 0.6) is 0 Å². The van der Waals surface area contributed by atoms with Crippen LogP contribution in [0, 0.1) is 0 Å². The topological polar surface area (TPSA) is 18.5 Å². The van der Waals surface area contributed by atoms with Crippen LogP contribution in [-0.4, -0.2) is 58.1 Å². The first-order valence-electron chi connectivity index (χ1n) is 5.66. The molecule has 0 amide bonds. The number of rotatable bonds is 6. The van der Waals surface area contributed by atoms with Gasteiger partial charge in [0.05, 0.1) is 26.3 Å². The Balaban J connectivity index is 2.39. The fourth-order valence-electron chi connectivity index (χ4n) is 2.31. The highest BCUT2D eigenvalue weighted by molar-refractivity contribution is 4.54. The van der Waals surface area contributed by atoms with Gasteiger partial charge in [-0.05, 0) is 19.3 Å². The zero-order chi connectivity index (χ0) is 10.3. The van der Waals surface area contributed by atoms with Crippen LogP contribution < -0.4 is 0 Å². The average molecular weight is 202 g/mol. The molecule has 1 fully saturated rings. The smallest absolute Gasteiger partial charge is 0.102 e. The van der Waals surface area contributed by atoms with Crippen molar-refractivity contribution < 1.29 is 14.0 Å². The summed E-state index contributed by atoms with van der Waals surface area (Å²) in [6, 6.07) is 0. The Bertz CT molecular complexity index is 134. The second-order valence-electron chi connectivity index (χ2n) is 4.28. The van der Waals surface area contributed by atoms with E-state index in [1.54, 1.807) is 14.2 Å². The second kappa shape index (κ2) is 6.38. The van der Waals surface area contributed by atoms with Gasteiger partial charge in [0.2, 0.25) is 0 Å². The van der Waals surface area contributed by atoms with Gasteiger partial charge in [-0.1, -0.05) is 0 Å². The fourth-order valence-corrected chi connectivity index (χ4v) is 2.31. The van der Waals surface area contributed by atoms with Crippen molar-refractivity contribution in [2.45, 2.75) is 19.3 Å². The summed E-state index contributed by atoms with van der Waals surface area (Å²) in [5.74, 6) is 0. The molecule has 1 aliphatic heterocycles. The van der Waals surface area contributed by atoms with Gasteiger partial charge in [-0.15, -0.1) is 0 Å². The van der Waals surface area contributed by atoms with Crippen LogP contribution in [0.1, 0.15) is 19.3 Å². The first-order valence-corrected chi connectivity index (χ1v) is 5.66. The largest absolute Gasteiger partial charge is 0.379 e. The van der Waals surface area contributed by atoms with Crippen LogP contribution in [-0.2, 0) is 9.47 Å². The minimum absolute atomic E-state index is 0.879. The third-order valence-electron chi connectivity index (χ3n) is 3.30. The molecule has 84 valence electrons. The van der Waals surface area contributed by atoms with E-state index in [2.05, 4.69) is 0 Å². The molecule has 0 atom stereocenters. The summed E-state index contributed by atoms with van der Waals surface area (Å²) in [5.41, 5.74) is 0. The summed E-state index contributed by atoms with van der Waals surface area (Å²) < 4.78 is 11.6. The van der Waals surface area contributed by atoms with E-state index in [0.717, 1.165) is 26.3 Å². The van der Waals surface area contributed by atoms with E-state index in [-0.39, 0.29) is 0 Å². The molecule has 0 aliphatic carbocycles. The Morgan fingerprint density at radius 2 is 1.36 bits per heavy atom. The van der Waals surface area contributed by atoms with E-state index in [4.69, 9.17) is 9.47 Å². The number of ether oxygens (including phenoxy) is 2. The van der Waals surface area contributed by atoms with Gasteiger partial charge in [0.15, 0.2) is 0 Å². The van der Waals surface area contributed by atoms with Crippen LogP contribution in [0.3, 0.4) is 0 Å². The summed E-state index contributed by atoms with van der Waals surface area (Å²) in [6.07, 6.45) is 4.14. The molecular weight excluding hydrogens is 178 g/mol. The SMILES string of the molecule is COCC[N+]1(CCOC)CCCCC1. The van der Waals surface area contributed by atoms with Crippen molar-refractivity contribution in [3.63, 3.8) is 0 Å². The van der Waals surface area contributed by atoms with Crippen LogP contribution in [0.4, 0.5) is 0 Å². The number of methoxy groups -OCH3 is 2. The lowest BCUT2D eigenvalue weighted by Gasteiger charge is -2.41. The second-order valence-corrected chi connectivity index (χ2v) is 4.28. The maximum absolute atomic E-state index is 5.19. The van der Waals surface area contributed by atoms with Crippen LogP contribution in [0.2, 0.25) is 0 Å². The lowest BCUT2D eigenvalue weighted by Crippen LogP contribution is -2.54. The number of hydrogen-bond acceptors (Lipinski definition) is 2. The lowest BCUT2D eigenvalue weighted by molar-refractivity contribution is -0.933. The number of piperidine rings is 1.